The van der Waals surface area contributed by atoms with E-state index < -0.39 is 0 Å². The Hall–Kier alpha value is -2.83. The predicted octanol–water partition coefficient (Wildman–Crippen LogP) is 1.48. The number of aliphatic imine (C=N–C) groups is 1. The van der Waals surface area contributed by atoms with E-state index in [0.717, 1.165) is 44.3 Å². The van der Waals surface area contributed by atoms with Gasteiger partial charge >= 0.3 is 0 Å². The Kier molecular flexibility index (Phi) is 4.60. The number of nitrogens with zero attached hydrogens (tertiary/aromatic N) is 5. The smallest absolute Gasteiger partial charge is 0.225 e. The first-order valence-electron chi connectivity index (χ1n) is 8.99. The summed E-state index contributed by atoms with van der Waals surface area (Å²) in [5.74, 6) is 2.77. The Balaban J connectivity index is 1.33. The quantitative estimate of drug-likeness (QED) is 0.663. The minimum absolute atomic E-state index is 0.276. The van der Waals surface area contributed by atoms with Crippen molar-refractivity contribution in [2.45, 2.75) is 18.4 Å². The van der Waals surface area contributed by atoms with Gasteiger partial charge in [0, 0.05) is 44.5 Å². The highest BCUT2D eigenvalue weighted by Gasteiger charge is 2.39. The van der Waals surface area contributed by atoms with Gasteiger partial charge in [-0.05, 0) is 30.2 Å². The normalized spacial score (nSPS) is 23.0. The van der Waals surface area contributed by atoms with Crippen molar-refractivity contribution in [1.29, 1.82) is 0 Å². The molecule has 0 spiro atoms. The van der Waals surface area contributed by atoms with Crippen molar-refractivity contribution in [2.75, 3.05) is 38.2 Å². The lowest BCUT2D eigenvalue weighted by Gasteiger charge is -2.35. The summed E-state index contributed by atoms with van der Waals surface area (Å²) in [6.07, 6.45) is 4.60. The number of hydrogen-bond donors (Lipinski definition) is 1. The third-order valence-corrected chi connectivity index (χ3v) is 5.02. The van der Waals surface area contributed by atoms with Gasteiger partial charge in [-0.25, -0.2) is 15.0 Å². The molecule has 1 saturated heterocycles. The Bertz CT molecular complexity index is 773. The molecule has 2 heterocycles. The first-order valence-corrected chi connectivity index (χ1v) is 8.99. The standard InChI is InChI=1S/C19H24N6O/c1-26-15-5-2-4-14(12-15)16-13-17(16)23-18(20)24-8-10-25(11-9-24)19-21-6-3-7-22-19/h2-7,12,16-17H,8-11,13H2,1H3,(H2,20,23)/t16-,17+/m0/s1. The summed E-state index contributed by atoms with van der Waals surface area (Å²) in [6, 6.07) is 10.3. The highest BCUT2D eigenvalue weighted by Crippen LogP contribution is 2.44. The van der Waals surface area contributed by atoms with E-state index in [4.69, 9.17) is 15.5 Å². The van der Waals surface area contributed by atoms with Gasteiger partial charge in [-0.3, -0.25) is 0 Å². The van der Waals surface area contributed by atoms with E-state index in [9.17, 15) is 0 Å². The predicted molar refractivity (Wildman–Crippen MR) is 102 cm³/mol. The summed E-state index contributed by atoms with van der Waals surface area (Å²) in [5, 5.41) is 0. The Labute approximate surface area is 153 Å². The van der Waals surface area contributed by atoms with Gasteiger partial charge < -0.3 is 20.3 Å². The molecular weight excluding hydrogens is 328 g/mol. The fourth-order valence-corrected chi connectivity index (χ4v) is 3.40. The fraction of sp³-hybridized carbons (Fsp3) is 0.421. The fourth-order valence-electron chi connectivity index (χ4n) is 3.40. The molecule has 1 aliphatic carbocycles. The van der Waals surface area contributed by atoms with E-state index >= 15 is 0 Å². The molecule has 0 bridgehead atoms. The minimum atomic E-state index is 0.276. The maximum Gasteiger partial charge on any atom is 0.225 e. The van der Waals surface area contributed by atoms with Gasteiger partial charge in [-0.2, -0.15) is 0 Å². The summed E-state index contributed by atoms with van der Waals surface area (Å²) in [6.45, 7) is 3.38. The van der Waals surface area contributed by atoms with Gasteiger partial charge in [0.2, 0.25) is 5.95 Å². The molecule has 26 heavy (non-hydrogen) atoms. The molecule has 2 atom stereocenters. The number of guanidine groups is 1. The third-order valence-electron chi connectivity index (χ3n) is 5.02. The minimum Gasteiger partial charge on any atom is -0.497 e. The second kappa shape index (κ2) is 7.19. The van der Waals surface area contributed by atoms with Crippen LogP contribution in [-0.4, -0.2) is 60.2 Å². The van der Waals surface area contributed by atoms with Gasteiger partial charge in [0.25, 0.3) is 0 Å². The SMILES string of the molecule is COc1cccc([C@@H]2C[C@H]2N=C(N)N2CCN(c3ncccn3)CC2)c1. The van der Waals surface area contributed by atoms with Crippen molar-refractivity contribution in [3.8, 4) is 5.75 Å². The van der Waals surface area contributed by atoms with Crippen molar-refractivity contribution < 1.29 is 4.74 Å². The molecule has 1 aromatic carbocycles. The lowest BCUT2D eigenvalue weighted by atomic mass is 10.1. The molecule has 1 aliphatic heterocycles. The Morgan fingerprint density at radius 2 is 1.92 bits per heavy atom. The molecular formula is C19H24N6O. The third kappa shape index (κ3) is 3.56. The molecule has 7 nitrogen and oxygen atoms in total. The molecule has 2 fully saturated rings. The van der Waals surface area contributed by atoms with Gasteiger partial charge in [-0.15, -0.1) is 0 Å². The topological polar surface area (TPSA) is 79.9 Å². The van der Waals surface area contributed by atoms with Crippen LogP contribution < -0.4 is 15.4 Å². The van der Waals surface area contributed by atoms with Crippen molar-refractivity contribution in [2.24, 2.45) is 10.7 Å². The molecule has 2 aromatic rings. The summed E-state index contributed by atoms with van der Waals surface area (Å²) in [4.78, 5) is 17.7. The van der Waals surface area contributed by atoms with Gasteiger partial charge in [0.15, 0.2) is 5.96 Å². The molecule has 4 rings (SSSR count). The Morgan fingerprint density at radius 1 is 1.15 bits per heavy atom. The van der Waals surface area contributed by atoms with Crippen molar-refractivity contribution >= 4 is 11.9 Å². The zero-order valence-corrected chi connectivity index (χ0v) is 15.0. The van der Waals surface area contributed by atoms with Crippen LogP contribution in [0, 0.1) is 0 Å². The zero-order chi connectivity index (χ0) is 17.9. The van der Waals surface area contributed by atoms with Crippen LogP contribution >= 0.6 is 0 Å². The van der Waals surface area contributed by atoms with Crippen LogP contribution in [0.25, 0.3) is 0 Å². The highest BCUT2D eigenvalue weighted by molar-refractivity contribution is 5.79. The van der Waals surface area contributed by atoms with Crippen LogP contribution in [-0.2, 0) is 0 Å². The van der Waals surface area contributed by atoms with Crippen LogP contribution in [0.1, 0.15) is 17.9 Å². The van der Waals surface area contributed by atoms with Crippen molar-refractivity contribution in [1.82, 2.24) is 14.9 Å². The molecule has 0 unspecified atom stereocenters. The number of rotatable bonds is 4. The average Bonchev–Trinajstić information content (AvgIpc) is 3.48. The van der Waals surface area contributed by atoms with Crippen molar-refractivity contribution in [3.63, 3.8) is 0 Å². The average molecular weight is 352 g/mol. The summed E-state index contributed by atoms with van der Waals surface area (Å²) < 4.78 is 5.31. The second-order valence-corrected chi connectivity index (χ2v) is 6.70. The number of hydrogen-bond acceptors (Lipinski definition) is 5. The second-order valence-electron chi connectivity index (χ2n) is 6.70. The number of nitrogens with two attached hydrogens (primary N) is 1. The maximum absolute atomic E-state index is 6.27. The van der Waals surface area contributed by atoms with Gasteiger partial charge in [0.1, 0.15) is 5.75 Å². The summed E-state index contributed by atoms with van der Waals surface area (Å²) in [5.41, 5.74) is 7.55. The zero-order valence-electron chi connectivity index (χ0n) is 15.0. The molecule has 1 aromatic heterocycles. The molecule has 0 amide bonds. The van der Waals surface area contributed by atoms with E-state index in [0.29, 0.717) is 11.9 Å². The van der Waals surface area contributed by atoms with E-state index in [1.165, 1.54) is 5.56 Å². The lowest BCUT2D eigenvalue weighted by molar-refractivity contribution is 0.378. The van der Waals surface area contributed by atoms with Crippen LogP contribution in [0.2, 0.25) is 0 Å². The van der Waals surface area contributed by atoms with E-state index in [2.05, 4.69) is 31.9 Å². The number of anilines is 1. The van der Waals surface area contributed by atoms with Crippen molar-refractivity contribution in [3.05, 3.63) is 48.3 Å². The summed E-state index contributed by atoms with van der Waals surface area (Å²) >= 11 is 0. The number of methoxy groups -OCH3 is 1. The Morgan fingerprint density at radius 3 is 2.65 bits per heavy atom. The number of piperazine rings is 1. The first-order chi connectivity index (χ1) is 12.7. The maximum atomic E-state index is 6.27. The lowest BCUT2D eigenvalue weighted by Crippen LogP contribution is -2.51. The van der Waals surface area contributed by atoms with Crippen LogP contribution in [0.15, 0.2) is 47.7 Å². The largest absolute Gasteiger partial charge is 0.497 e. The van der Waals surface area contributed by atoms with Crippen LogP contribution in [0.3, 0.4) is 0 Å². The van der Waals surface area contributed by atoms with Gasteiger partial charge in [0.05, 0.1) is 13.2 Å². The number of ether oxygens (including phenoxy) is 1. The van der Waals surface area contributed by atoms with Crippen LogP contribution in [0.4, 0.5) is 5.95 Å². The molecule has 2 N–H and O–H groups in total. The highest BCUT2D eigenvalue weighted by atomic mass is 16.5. The number of aromatic nitrogens is 2. The molecule has 0 radical (unpaired) electrons. The van der Waals surface area contributed by atoms with Crippen LogP contribution in [0.5, 0.6) is 5.75 Å². The molecule has 1 saturated carbocycles. The molecule has 136 valence electrons. The van der Waals surface area contributed by atoms with Gasteiger partial charge in [-0.1, -0.05) is 12.1 Å². The van der Waals surface area contributed by atoms with E-state index in [1.54, 1.807) is 19.5 Å². The monoisotopic (exact) mass is 352 g/mol. The summed E-state index contributed by atoms with van der Waals surface area (Å²) in [7, 11) is 1.69. The molecule has 2 aliphatic rings. The first kappa shape index (κ1) is 16.6. The molecule has 7 heteroatoms. The van der Waals surface area contributed by atoms with E-state index in [-0.39, 0.29) is 6.04 Å². The van der Waals surface area contributed by atoms with E-state index in [1.807, 2.05) is 18.2 Å². The number of benzene rings is 1.